The van der Waals surface area contributed by atoms with E-state index in [9.17, 15) is 4.79 Å². The summed E-state index contributed by atoms with van der Waals surface area (Å²) in [5.41, 5.74) is 1.21. The summed E-state index contributed by atoms with van der Waals surface area (Å²) in [6.07, 6.45) is 5.86. The molecule has 1 aromatic carbocycles. The van der Waals surface area contributed by atoms with Crippen molar-refractivity contribution in [2.24, 2.45) is 0 Å². The summed E-state index contributed by atoms with van der Waals surface area (Å²) in [6.45, 7) is 0.881. The van der Waals surface area contributed by atoms with Crippen LogP contribution in [-0.4, -0.2) is 28.8 Å². The lowest BCUT2D eigenvalue weighted by atomic mass is 10.1. The number of hydrogen-bond acceptors (Lipinski definition) is 4. The number of aryl methyl sites for hydroxylation is 1. The van der Waals surface area contributed by atoms with Crippen LogP contribution in [0.15, 0.2) is 18.2 Å². The highest BCUT2D eigenvalue weighted by Gasteiger charge is 2.15. The van der Waals surface area contributed by atoms with Crippen LogP contribution in [0.25, 0.3) is 10.2 Å². The van der Waals surface area contributed by atoms with Crippen molar-refractivity contribution in [1.82, 2.24) is 4.98 Å². The average Bonchev–Trinajstić information content (AvgIpc) is 2.88. The molecule has 0 amide bonds. The monoisotopic (exact) mass is 291 g/mol. The Labute approximate surface area is 121 Å². The van der Waals surface area contributed by atoms with Crippen LogP contribution in [0.2, 0.25) is 0 Å². The summed E-state index contributed by atoms with van der Waals surface area (Å²) >= 11 is 1.59. The Morgan fingerprint density at radius 1 is 1.45 bits per heavy atom. The molecule has 1 saturated heterocycles. The Morgan fingerprint density at radius 2 is 2.35 bits per heavy atom. The van der Waals surface area contributed by atoms with E-state index < -0.39 is 5.97 Å². The predicted molar refractivity (Wildman–Crippen MR) is 78.5 cm³/mol. The molecule has 0 spiro atoms. The van der Waals surface area contributed by atoms with Crippen LogP contribution < -0.4 is 0 Å². The summed E-state index contributed by atoms with van der Waals surface area (Å²) in [4.78, 5) is 15.5. The van der Waals surface area contributed by atoms with E-state index in [2.05, 4.69) is 4.98 Å². The second-order valence-electron chi connectivity index (χ2n) is 5.12. The molecule has 0 saturated carbocycles. The lowest BCUT2D eigenvalue weighted by Crippen LogP contribution is -2.19. The van der Waals surface area contributed by atoms with Crippen LogP contribution in [0.1, 0.15) is 41.0 Å². The number of aromatic carboxylic acids is 1. The second-order valence-corrected chi connectivity index (χ2v) is 6.24. The fraction of sp³-hybridized carbons (Fsp3) is 0.467. The molecular formula is C15H17NO3S. The first-order chi connectivity index (χ1) is 9.72. The van der Waals surface area contributed by atoms with E-state index in [0.29, 0.717) is 11.7 Å². The van der Waals surface area contributed by atoms with Gasteiger partial charge in [-0.1, -0.05) is 0 Å². The number of rotatable bonds is 4. The topological polar surface area (TPSA) is 59.4 Å². The third kappa shape index (κ3) is 2.99. The van der Waals surface area contributed by atoms with Gasteiger partial charge in [0.05, 0.1) is 26.9 Å². The smallest absolute Gasteiger partial charge is 0.335 e. The van der Waals surface area contributed by atoms with E-state index in [0.717, 1.165) is 41.1 Å². The minimum Gasteiger partial charge on any atom is -0.478 e. The molecule has 3 rings (SSSR count). The lowest BCUT2D eigenvalue weighted by molar-refractivity contribution is 0.0115. The highest BCUT2D eigenvalue weighted by Crippen LogP contribution is 2.26. The van der Waals surface area contributed by atoms with E-state index in [-0.39, 0.29) is 0 Å². The molecule has 4 nitrogen and oxygen atoms in total. The largest absolute Gasteiger partial charge is 0.478 e. The number of ether oxygens (including phenoxy) is 1. The zero-order valence-corrected chi connectivity index (χ0v) is 12.0. The average molecular weight is 291 g/mol. The summed E-state index contributed by atoms with van der Waals surface area (Å²) < 4.78 is 6.67. The molecule has 106 valence electrons. The number of carbonyl (C=O) groups is 1. The maximum absolute atomic E-state index is 11.0. The van der Waals surface area contributed by atoms with Crippen LogP contribution in [0.4, 0.5) is 0 Å². The first-order valence-corrected chi connectivity index (χ1v) is 7.78. The highest BCUT2D eigenvalue weighted by molar-refractivity contribution is 7.18. The summed E-state index contributed by atoms with van der Waals surface area (Å²) in [5, 5.41) is 10.1. The molecule has 1 aliphatic heterocycles. The molecule has 1 fully saturated rings. The van der Waals surface area contributed by atoms with Crippen molar-refractivity contribution in [1.29, 1.82) is 0 Å². The van der Waals surface area contributed by atoms with Crippen LogP contribution in [0.3, 0.4) is 0 Å². The van der Waals surface area contributed by atoms with Crippen molar-refractivity contribution in [2.75, 3.05) is 6.61 Å². The zero-order chi connectivity index (χ0) is 13.9. The van der Waals surface area contributed by atoms with Crippen LogP contribution in [-0.2, 0) is 11.2 Å². The predicted octanol–water partition coefficient (Wildman–Crippen LogP) is 3.50. The van der Waals surface area contributed by atoms with Gasteiger partial charge in [-0.2, -0.15) is 0 Å². The molecule has 2 heterocycles. The summed E-state index contributed by atoms with van der Waals surface area (Å²) in [5.74, 6) is -0.891. The molecular weight excluding hydrogens is 274 g/mol. The Balaban J connectivity index is 1.70. The summed E-state index contributed by atoms with van der Waals surface area (Å²) in [6, 6.07) is 5.10. The van der Waals surface area contributed by atoms with Crippen molar-refractivity contribution in [3.63, 3.8) is 0 Å². The number of thiazole rings is 1. The molecule has 0 bridgehead atoms. The maximum atomic E-state index is 11.0. The number of fused-ring (bicyclic) bond motifs is 1. The number of aromatic nitrogens is 1. The van der Waals surface area contributed by atoms with Gasteiger partial charge in [0.25, 0.3) is 0 Å². The van der Waals surface area contributed by atoms with Gasteiger partial charge in [0.1, 0.15) is 0 Å². The molecule has 1 aliphatic rings. The van der Waals surface area contributed by atoms with E-state index in [1.165, 1.54) is 12.8 Å². The SMILES string of the molecule is O=C(O)c1ccc2nc(CCC3CCCCO3)sc2c1. The molecule has 0 aliphatic carbocycles. The van der Waals surface area contributed by atoms with Gasteiger partial charge >= 0.3 is 5.97 Å². The van der Waals surface area contributed by atoms with E-state index >= 15 is 0 Å². The van der Waals surface area contributed by atoms with Gasteiger partial charge in [0, 0.05) is 13.0 Å². The first-order valence-electron chi connectivity index (χ1n) is 6.97. The van der Waals surface area contributed by atoms with E-state index in [4.69, 9.17) is 9.84 Å². The van der Waals surface area contributed by atoms with Gasteiger partial charge in [0.2, 0.25) is 0 Å². The van der Waals surface area contributed by atoms with Crippen molar-refractivity contribution < 1.29 is 14.6 Å². The van der Waals surface area contributed by atoms with Crippen molar-refractivity contribution in [3.8, 4) is 0 Å². The number of carboxylic acids is 1. The Hall–Kier alpha value is -1.46. The molecule has 5 heteroatoms. The van der Waals surface area contributed by atoms with E-state index in [1.54, 1.807) is 29.5 Å². The standard InChI is InChI=1S/C15H17NO3S/c17-15(18)10-4-6-12-13(9-10)20-14(16-12)7-5-11-3-1-2-8-19-11/h4,6,9,11H,1-3,5,7-8H2,(H,17,18). The van der Waals surface area contributed by atoms with Gasteiger partial charge in [-0.15, -0.1) is 11.3 Å². The number of benzene rings is 1. The quantitative estimate of drug-likeness (QED) is 0.936. The molecule has 1 atom stereocenters. The van der Waals surface area contributed by atoms with Gasteiger partial charge < -0.3 is 9.84 Å². The van der Waals surface area contributed by atoms with Crippen molar-refractivity contribution in [2.45, 2.75) is 38.2 Å². The fourth-order valence-corrected chi connectivity index (χ4v) is 3.55. The van der Waals surface area contributed by atoms with Gasteiger partial charge in [-0.3, -0.25) is 0 Å². The zero-order valence-electron chi connectivity index (χ0n) is 11.2. The number of nitrogens with zero attached hydrogens (tertiary/aromatic N) is 1. The van der Waals surface area contributed by atoms with Crippen molar-refractivity contribution >= 4 is 27.5 Å². The van der Waals surface area contributed by atoms with Crippen LogP contribution in [0, 0.1) is 0 Å². The minimum absolute atomic E-state index is 0.323. The Kier molecular flexibility index (Phi) is 3.98. The van der Waals surface area contributed by atoms with E-state index in [1.807, 2.05) is 0 Å². The minimum atomic E-state index is -0.891. The third-order valence-corrected chi connectivity index (χ3v) is 4.71. The van der Waals surface area contributed by atoms with Crippen molar-refractivity contribution in [3.05, 3.63) is 28.8 Å². The highest BCUT2D eigenvalue weighted by atomic mass is 32.1. The number of hydrogen-bond donors (Lipinski definition) is 1. The van der Waals surface area contributed by atoms with Gasteiger partial charge in [-0.05, 0) is 43.9 Å². The normalized spacial score (nSPS) is 19.3. The molecule has 1 unspecified atom stereocenters. The first kappa shape index (κ1) is 13.5. The Morgan fingerprint density at radius 3 is 3.10 bits per heavy atom. The lowest BCUT2D eigenvalue weighted by Gasteiger charge is -2.21. The second kappa shape index (κ2) is 5.89. The molecule has 1 N–H and O–H groups in total. The van der Waals surface area contributed by atoms with Crippen LogP contribution >= 0.6 is 11.3 Å². The third-order valence-electron chi connectivity index (χ3n) is 3.63. The molecule has 0 radical (unpaired) electrons. The van der Waals surface area contributed by atoms with Gasteiger partial charge in [0.15, 0.2) is 0 Å². The maximum Gasteiger partial charge on any atom is 0.335 e. The fourth-order valence-electron chi connectivity index (χ4n) is 2.53. The van der Waals surface area contributed by atoms with Gasteiger partial charge in [-0.25, -0.2) is 9.78 Å². The molecule has 2 aromatic rings. The Bertz CT molecular complexity index is 617. The molecule has 20 heavy (non-hydrogen) atoms. The number of carboxylic acid groups (broad SMARTS) is 1. The molecule has 1 aromatic heterocycles. The summed E-state index contributed by atoms with van der Waals surface area (Å²) in [7, 11) is 0. The van der Waals surface area contributed by atoms with Crippen LogP contribution in [0.5, 0.6) is 0 Å².